The van der Waals surface area contributed by atoms with E-state index < -0.39 is 0 Å². The van der Waals surface area contributed by atoms with Crippen LogP contribution in [0.15, 0.2) is 18.2 Å². The minimum Gasteiger partial charge on any atom is -0.493 e. The third-order valence-electron chi connectivity index (χ3n) is 4.06. The number of ether oxygens (including phenoxy) is 2. The number of amides is 1. The quantitative estimate of drug-likeness (QED) is 0.852. The van der Waals surface area contributed by atoms with Gasteiger partial charge in [-0.3, -0.25) is 4.79 Å². The van der Waals surface area contributed by atoms with Crippen molar-refractivity contribution in [3.05, 3.63) is 23.8 Å². The van der Waals surface area contributed by atoms with Crippen molar-refractivity contribution in [3.63, 3.8) is 0 Å². The lowest BCUT2D eigenvalue weighted by Gasteiger charge is -2.39. The molecule has 0 N–H and O–H groups in total. The summed E-state index contributed by atoms with van der Waals surface area (Å²) in [6, 6.07) is 5.93. The van der Waals surface area contributed by atoms with Crippen molar-refractivity contribution in [2.24, 2.45) is 0 Å². The van der Waals surface area contributed by atoms with Crippen LogP contribution in [0, 0.1) is 0 Å². The van der Waals surface area contributed by atoms with Gasteiger partial charge in [-0.05, 0) is 51.3 Å². The van der Waals surface area contributed by atoms with Gasteiger partial charge in [0.2, 0.25) is 0 Å². The Morgan fingerprint density at radius 3 is 2.25 bits per heavy atom. The molecule has 0 aromatic heterocycles. The van der Waals surface area contributed by atoms with Gasteiger partial charge >= 0.3 is 0 Å². The molecule has 1 amide bonds. The lowest BCUT2D eigenvalue weighted by atomic mass is 9.96. The fraction of sp³-hybridized carbons (Fsp3) is 0.562. The molecule has 1 aliphatic heterocycles. The van der Waals surface area contributed by atoms with Crippen LogP contribution in [0.3, 0.4) is 0 Å². The highest BCUT2D eigenvalue weighted by molar-refractivity contribution is 5.95. The molecule has 4 heteroatoms. The molecule has 1 fully saturated rings. The largest absolute Gasteiger partial charge is 0.493 e. The van der Waals surface area contributed by atoms with Gasteiger partial charge in [-0.2, -0.15) is 0 Å². The van der Waals surface area contributed by atoms with E-state index in [2.05, 4.69) is 13.8 Å². The number of rotatable bonds is 3. The lowest BCUT2D eigenvalue weighted by molar-refractivity contribution is 0.0510. The Morgan fingerprint density at radius 1 is 1.10 bits per heavy atom. The number of hydrogen-bond acceptors (Lipinski definition) is 3. The molecule has 0 aliphatic carbocycles. The predicted molar refractivity (Wildman–Crippen MR) is 78.5 cm³/mol. The monoisotopic (exact) mass is 277 g/mol. The maximum atomic E-state index is 12.7. The summed E-state index contributed by atoms with van der Waals surface area (Å²) in [6.45, 7) is 4.24. The molecule has 0 spiro atoms. The molecule has 0 radical (unpaired) electrons. The molecular formula is C16H23NO3. The van der Waals surface area contributed by atoms with E-state index in [-0.39, 0.29) is 5.91 Å². The van der Waals surface area contributed by atoms with Crippen LogP contribution in [0.5, 0.6) is 11.5 Å². The Bertz CT molecular complexity index is 477. The summed E-state index contributed by atoms with van der Waals surface area (Å²) < 4.78 is 10.5. The first-order valence-electron chi connectivity index (χ1n) is 7.13. The second-order valence-corrected chi connectivity index (χ2v) is 5.41. The van der Waals surface area contributed by atoms with Gasteiger partial charge in [-0.25, -0.2) is 0 Å². The van der Waals surface area contributed by atoms with E-state index in [0.29, 0.717) is 29.1 Å². The molecule has 0 unspecified atom stereocenters. The molecule has 0 bridgehead atoms. The number of hydrogen-bond donors (Lipinski definition) is 0. The number of benzene rings is 1. The van der Waals surface area contributed by atoms with Crippen LogP contribution in [-0.2, 0) is 0 Å². The summed E-state index contributed by atoms with van der Waals surface area (Å²) in [5.41, 5.74) is 0.656. The van der Waals surface area contributed by atoms with Crippen LogP contribution < -0.4 is 9.47 Å². The third-order valence-corrected chi connectivity index (χ3v) is 4.06. The van der Waals surface area contributed by atoms with Crippen LogP contribution in [0.1, 0.15) is 43.5 Å². The average molecular weight is 277 g/mol. The van der Waals surface area contributed by atoms with Crippen molar-refractivity contribution in [3.8, 4) is 11.5 Å². The smallest absolute Gasteiger partial charge is 0.254 e. The molecule has 0 saturated carbocycles. The van der Waals surface area contributed by atoms with E-state index in [4.69, 9.17) is 9.47 Å². The maximum Gasteiger partial charge on any atom is 0.254 e. The standard InChI is InChI=1S/C16H23NO3/c1-11-6-5-7-12(2)17(11)16(18)13-8-9-14(19-3)15(10-13)20-4/h8-12H,5-7H2,1-4H3/t11-,12+. The lowest BCUT2D eigenvalue weighted by Crippen LogP contribution is -2.47. The first-order valence-corrected chi connectivity index (χ1v) is 7.13. The Kier molecular flexibility index (Phi) is 4.53. The number of piperidine rings is 1. The van der Waals surface area contributed by atoms with Crippen LogP contribution in [-0.4, -0.2) is 37.1 Å². The van der Waals surface area contributed by atoms with Gasteiger partial charge in [0.15, 0.2) is 11.5 Å². The number of likely N-dealkylation sites (tertiary alicyclic amines) is 1. The first-order chi connectivity index (χ1) is 9.58. The second-order valence-electron chi connectivity index (χ2n) is 5.41. The van der Waals surface area contributed by atoms with Gasteiger partial charge in [0.25, 0.3) is 5.91 Å². The van der Waals surface area contributed by atoms with Crippen molar-refractivity contribution in [2.45, 2.75) is 45.2 Å². The zero-order valence-electron chi connectivity index (χ0n) is 12.7. The number of carbonyl (C=O) groups excluding carboxylic acids is 1. The normalized spacial score (nSPS) is 22.5. The fourth-order valence-corrected chi connectivity index (χ4v) is 2.94. The Morgan fingerprint density at radius 2 is 1.70 bits per heavy atom. The van der Waals surface area contributed by atoms with Gasteiger partial charge < -0.3 is 14.4 Å². The summed E-state index contributed by atoms with van der Waals surface area (Å²) in [7, 11) is 3.17. The average Bonchev–Trinajstić information content (AvgIpc) is 2.46. The zero-order chi connectivity index (χ0) is 14.7. The summed E-state index contributed by atoms with van der Waals surface area (Å²) >= 11 is 0. The van der Waals surface area contributed by atoms with E-state index in [9.17, 15) is 4.79 Å². The fourth-order valence-electron chi connectivity index (χ4n) is 2.94. The number of nitrogens with zero attached hydrogens (tertiary/aromatic N) is 1. The summed E-state index contributed by atoms with van der Waals surface area (Å²) in [5.74, 6) is 1.31. The molecule has 4 nitrogen and oxygen atoms in total. The summed E-state index contributed by atoms with van der Waals surface area (Å²) in [5, 5.41) is 0. The van der Waals surface area contributed by atoms with Crippen molar-refractivity contribution in [2.75, 3.05) is 14.2 Å². The number of methoxy groups -OCH3 is 2. The van der Waals surface area contributed by atoms with Gasteiger partial charge in [0, 0.05) is 17.6 Å². The van der Waals surface area contributed by atoms with E-state index in [0.717, 1.165) is 12.8 Å². The highest BCUT2D eigenvalue weighted by Gasteiger charge is 2.29. The van der Waals surface area contributed by atoms with Gasteiger partial charge in [-0.15, -0.1) is 0 Å². The molecule has 1 aromatic carbocycles. The van der Waals surface area contributed by atoms with E-state index in [1.165, 1.54) is 6.42 Å². The van der Waals surface area contributed by atoms with Crippen molar-refractivity contribution < 1.29 is 14.3 Å². The van der Waals surface area contributed by atoms with Crippen LogP contribution in [0.25, 0.3) is 0 Å². The maximum absolute atomic E-state index is 12.7. The molecule has 2 atom stereocenters. The topological polar surface area (TPSA) is 38.8 Å². The van der Waals surface area contributed by atoms with Crippen molar-refractivity contribution in [1.82, 2.24) is 4.90 Å². The van der Waals surface area contributed by atoms with Crippen LogP contribution >= 0.6 is 0 Å². The molecule has 1 aromatic rings. The third kappa shape index (κ3) is 2.74. The van der Waals surface area contributed by atoms with Crippen molar-refractivity contribution in [1.29, 1.82) is 0 Å². The van der Waals surface area contributed by atoms with Gasteiger partial charge in [0.1, 0.15) is 0 Å². The van der Waals surface area contributed by atoms with Crippen molar-refractivity contribution >= 4 is 5.91 Å². The van der Waals surface area contributed by atoms with Crippen LogP contribution in [0.4, 0.5) is 0 Å². The summed E-state index contributed by atoms with van der Waals surface area (Å²) in [4.78, 5) is 14.7. The highest BCUT2D eigenvalue weighted by atomic mass is 16.5. The van der Waals surface area contributed by atoms with E-state index in [1.807, 2.05) is 4.90 Å². The molecule has 20 heavy (non-hydrogen) atoms. The van der Waals surface area contributed by atoms with Gasteiger partial charge in [0.05, 0.1) is 14.2 Å². The molecular weight excluding hydrogens is 254 g/mol. The van der Waals surface area contributed by atoms with E-state index in [1.54, 1.807) is 32.4 Å². The molecule has 1 saturated heterocycles. The molecule has 2 rings (SSSR count). The number of carbonyl (C=O) groups is 1. The van der Waals surface area contributed by atoms with Crippen LogP contribution in [0.2, 0.25) is 0 Å². The Hall–Kier alpha value is -1.71. The highest BCUT2D eigenvalue weighted by Crippen LogP contribution is 2.30. The Labute approximate surface area is 120 Å². The Balaban J connectivity index is 2.28. The summed E-state index contributed by atoms with van der Waals surface area (Å²) in [6.07, 6.45) is 3.34. The minimum absolute atomic E-state index is 0.0747. The minimum atomic E-state index is 0.0747. The molecule has 1 heterocycles. The zero-order valence-corrected chi connectivity index (χ0v) is 12.7. The van der Waals surface area contributed by atoms with E-state index >= 15 is 0 Å². The first kappa shape index (κ1) is 14.7. The predicted octanol–water partition coefficient (Wildman–Crippen LogP) is 3.11. The molecule has 110 valence electrons. The second kappa shape index (κ2) is 6.16. The SMILES string of the molecule is COc1ccc(C(=O)N2[C@H](C)CCC[C@@H]2C)cc1OC. The van der Waals surface area contributed by atoms with Gasteiger partial charge in [-0.1, -0.05) is 0 Å². The molecule has 1 aliphatic rings.